The van der Waals surface area contributed by atoms with Crippen molar-refractivity contribution in [2.75, 3.05) is 18.9 Å². The summed E-state index contributed by atoms with van der Waals surface area (Å²) in [6.45, 7) is 0.203. The number of halogens is 2. The molecule has 0 saturated heterocycles. The van der Waals surface area contributed by atoms with E-state index in [-0.39, 0.29) is 17.5 Å². The van der Waals surface area contributed by atoms with Crippen molar-refractivity contribution in [2.45, 2.75) is 0 Å². The van der Waals surface area contributed by atoms with E-state index >= 15 is 0 Å². The first kappa shape index (κ1) is 10.9. The van der Waals surface area contributed by atoms with Crippen LogP contribution in [0.15, 0.2) is 18.2 Å². The average Bonchev–Trinajstić information content (AvgIpc) is 2.12. The van der Waals surface area contributed by atoms with E-state index in [0.29, 0.717) is 5.69 Å². The smallest absolute Gasteiger partial charge is 0.238 e. The van der Waals surface area contributed by atoms with E-state index < -0.39 is 5.82 Å². The van der Waals surface area contributed by atoms with Crippen LogP contribution in [0.3, 0.4) is 0 Å². The molecule has 0 spiro atoms. The number of amides is 1. The molecule has 14 heavy (non-hydrogen) atoms. The summed E-state index contributed by atoms with van der Waals surface area (Å²) in [6.07, 6.45) is 0. The third kappa shape index (κ3) is 2.97. The lowest BCUT2D eigenvalue weighted by atomic mass is 10.3. The van der Waals surface area contributed by atoms with Gasteiger partial charge >= 0.3 is 0 Å². The highest BCUT2D eigenvalue weighted by Crippen LogP contribution is 2.18. The molecule has 0 heterocycles. The molecule has 0 saturated carbocycles. The summed E-state index contributed by atoms with van der Waals surface area (Å²) in [5.41, 5.74) is 0.483. The Balaban J connectivity index is 2.68. The van der Waals surface area contributed by atoms with E-state index in [2.05, 4.69) is 10.6 Å². The zero-order valence-corrected chi connectivity index (χ0v) is 8.36. The minimum absolute atomic E-state index is 0.00717. The summed E-state index contributed by atoms with van der Waals surface area (Å²) < 4.78 is 12.7. The van der Waals surface area contributed by atoms with Crippen molar-refractivity contribution in [3.63, 3.8) is 0 Å². The molecule has 3 nitrogen and oxygen atoms in total. The molecule has 1 amide bonds. The summed E-state index contributed by atoms with van der Waals surface area (Å²) >= 11 is 5.53. The van der Waals surface area contributed by atoms with Gasteiger partial charge in [0.2, 0.25) is 5.91 Å². The first-order valence-corrected chi connectivity index (χ1v) is 4.41. The fourth-order valence-corrected chi connectivity index (χ4v) is 1.12. The molecule has 0 aliphatic rings. The maximum absolute atomic E-state index is 12.7. The van der Waals surface area contributed by atoms with Crippen LogP contribution in [0.25, 0.3) is 0 Å². The predicted molar refractivity (Wildman–Crippen MR) is 54.0 cm³/mol. The molecule has 0 atom stereocenters. The summed E-state index contributed by atoms with van der Waals surface area (Å²) in [7, 11) is 1.66. The Labute approximate surface area is 86.3 Å². The molecule has 5 heteroatoms. The lowest BCUT2D eigenvalue weighted by molar-refractivity contribution is -0.115. The van der Waals surface area contributed by atoms with Crippen molar-refractivity contribution in [1.29, 1.82) is 0 Å². The first-order chi connectivity index (χ1) is 6.63. The van der Waals surface area contributed by atoms with E-state index in [0.717, 1.165) is 0 Å². The van der Waals surface area contributed by atoms with Crippen LogP contribution in [-0.2, 0) is 4.79 Å². The molecule has 0 fully saturated rings. The Morgan fingerprint density at radius 2 is 2.29 bits per heavy atom. The highest BCUT2D eigenvalue weighted by atomic mass is 35.5. The van der Waals surface area contributed by atoms with Gasteiger partial charge in [0.25, 0.3) is 0 Å². The first-order valence-electron chi connectivity index (χ1n) is 4.03. The van der Waals surface area contributed by atoms with Crippen LogP contribution in [0.5, 0.6) is 0 Å². The van der Waals surface area contributed by atoms with Crippen molar-refractivity contribution in [1.82, 2.24) is 5.32 Å². The van der Waals surface area contributed by atoms with E-state index in [1.807, 2.05) is 0 Å². The van der Waals surface area contributed by atoms with Crippen LogP contribution in [0.2, 0.25) is 5.02 Å². The van der Waals surface area contributed by atoms with Gasteiger partial charge in [-0.15, -0.1) is 0 Å². The predicted octanol–water partition coefficient (Wildman–Crippen LogP) is 1.64. The van der Waals surface area contributed by atoms with E-state index in [1.165, 1.54) is 18.2 Å². The molecular formula is C9H10ClFN2O. The lowest BCUT2D eigenvalue weighted by Crippen LogP contribution is -2.25. The number of hydrogen-bond donors (Lipinski definition) is 2. The Morgan fingerprint density at radius 1 is 1.57 bits per heavy atom. The van der Waals surface area contributed by atoms with Crippen molar-refractivity contribution in [2.24, 2.45) is 0 Å². The summed E-state index contributed by atoms with van der Waals surface area (Å²) in [4.78, 5) is 11.1. The van der Waals surface area contributed by atoms with Gasteiger partial charge in [0.05, 0.1) is 11.6 Å². The fourth-order valence-electron chi connectivity index (χ4n) is 0.940. The second-order valence-electron chi connectivity index (χ2n) is 2.71. The fraction of sp³-hybridized carbons (Fsp3) is 0.222. The van der Waals surface area contributed by atoms with Crippen LogP contribution >= 0.6 is 11.6 Å². The van der Waals surface area contributed by atoms with Crippen LogP contribution < -0.4 is 10.6 Å². The maximum Gasteiger partial charge on any atom is 0.238 e. The van der Waals surface area contributed by atoms with Crippen molar-refractivity contribution in [3.05, 3.63) is 29.0 Å². The van der Waals surface area contributed by atoms with Gasteiger partial charge in [0.1, 0.15) is 5.82 Å². The van der Waals surface area contributed by atoms with Crippen LogP contribution in [-0.4, -0.2) is 19.5 Å². The summed E-state index contributed by atoms with van der Waals surface area (Å²) in [5, 5.41) is 5.25. The number of anilines is 1. The number of rotatable bonds is 3. The number of hydrogen-bond acceptors (Lipinski definition) is 2. The molecule has 0 aromatic heterocycles. The van der Waals surface area contributed by atoms with Crippen LogP contribution in [0.1, 0.15) is 0 Å². The Hall–Kier alpha value is -1.13. The average molecular weight is 217 g/mol. The second-order valence-corrected chi connectivity index (χ2v) is 3.11. The minimum atomic E-state index is -0.502. The number of nitrogens with one attached hydrogen (secondary N) is 2. The lowest BCUT2D eigenvalue weighted by Gasteiger charge is -2.04. The standard InChI is InChI=1S/C9H10ClFN2O/c1-12-5-9(14)13-6-2-3-8(11)7(10)4-6/h2-4,12H,5H2,1H3,(H,13,14). The van der Waals surface area contributed by atoms with Gasteiger partial charge in [0.15, 0.2) is 0 Å². The quantitative estimate of drug-likeness (QED) is 0.807. The topological polar surface area (TPSA) is 41.1 Å². The molecule has 0 aliphatic heterocycles. The number of benzene rings is 1. The molecule has 1 aromatic rings. The van der Waals surface area contributed by atoms with Crippen molar-refractivity contribution < 1.29 is 9.18 Å². The third-order valence-corrected chi connectivity index (χ3v) is 1.83. The number of carbonyl (C=O) groups is 1. The van der Waals surface area contributed by atoms with Gasteiger partial charge in [-0.25, -0.2) is 4.39 Å². The largest absolute Gasteiger partial charge is 0.325 e. The van der Waals surface area contributed by atoms with E-state index in [9.17, 15) is 9.18 Å². The Kier molecular flexibility index (Phi) is 3.85. The van der Waals surface area contributed by atoms with Gasteiger partial charge in [0, 0.05) is 5.69 Å². The highest BCUT2D eigenvalue weighted by molar-refractivity contribution is 6.31. The van der Waals surface area contributed by atoms with Crippen molar-refractivity contribution >= 4 is 23.2 Å². The maximum atomic E-state index is 12.7. The molecule has 0 bridgehead atoms. The van der Waals surface area contributed by atoms with Crippen molar-refractivity contribution in [3.8, 4) is 0 Å². The number of likely N-dealkylation sites (N-methyl/N-ethyl adjacent to an activating group) is 1. The summed E-state index contributed by atoms with van der Waals surface area (Å²) in [5.74, 6) is -0.701. The van der Waals surface area contributed by atoms with Gasteiger partial charge in [-0.1, -0.05) is 11.6 Å². The van der Waals surface area contributed by atoms with E-state index in [1.54, 1.807) is 7.05 Å². The minimum Gasteiger partial charge on any atom is -0.325 e. The molecule has 1 rings (SSSR count). The van der Waals surface area contributed by atoms with Gasteiger partial charge < -0.3 is 10.6 Å². The molecule has 2 N–H and O–H groups in total. The van der Waals surface area contributed by atoms with Crippen LogP contribution in [0.4, 0.5) is 10.1 Å². The Bertz CT molecular complexity index is 344. The molecular weight excluding hydrogens is 207 g/mol. The Morgan fingerprint density at radius 3 is 2.86 bits per heavy atom. The second kappa shape index (κ2) is 4.93. The normalized spacial score (nSPS) is 9.93. The monoisotopic (exact) mass is 216 g/mol. The molecule has 0 aliphatic carbocycles. The van der Waals surface area contributed by atoms with Gasteiger partial charge in [-0.05, 0) is 25.2 Å². The molecule has 76 valence electrons. The zero-order chi connectivity index (χ0) is 10.6. The molecule has 1 aromatic carbocycles. The molecule has 0 radical (unpaired) electrons. The van der Waals surface area contributed by atoms with Gasteiger partial charge in [-0.3, -0.25) is 4.79 Å². The van der Waals surface area contributed by atoms with E-state index in [4.69, 9.17) is 11.6 Å². The molecule has 0 unspecified atom stereocenters. The number of carbonyl (C=O) groups excluding carboxylic acids is 1. The summed E-state index contributed by atoms with van der Waals surface area (Å²) in [6, 6.07) is 4.02. The third-order valence-electron chi connectivity index (χ3n) is 1.54. The SMILES string of the molecule is CNCC(=O)Nc1ccc(F)c(Cl)c1. The highest BCUT2D eigenvalue weighted by Gasteiger charge is 2.03. The zero-order valence-electron chi connectivity index (χ0n) is 7.60. The van der Waals surface area contributed by atoms with Gasteiger partial charge in [-0.2, -0.15) is 0 Å². The van der Waals surface area contributed by atoms with Crippen LogP contribution in [0, 0.1) is 5.82 Å².